The van der Waals surface area contributed by atoms with Gasteiger partial charge in [0.1, 0.15) is 18.0 Å². The molecule has 2 heterocycles. The molecule has 0 unspecified atom stereocenters. The van der Waals surface area contributed by atoms with Gasteiger partial charge in [0.15, 0.2) is 0 Å². The van der Waals surface area contributed by atoms with Gasteiger partial charge in [0.05, 0.1) is 11.0 Å². The highest BCUT2D eigenvalue weighted by Crippen LogP contribution is 2.24. The Bertz CT molecular complexity index is 535. The Morgan fingerprint density at radius 3 is 2.81 bits per heavy atom. The summed E-state index contributed by atoms with van der Waals surface area (Å²) in [6.07, 6.45) is 3.93. The molecule has 1 atom stereocenters. The highest BCUT2D eigenvalue weighted by atomic mass is 16.6. The number of carbonyl (C=O) groups is 1. The Morgan fingerprint density at radius 1 is 1.52 bits per heavy atom. The molecule has 1 amide bonds. The van der Waals surface area contributed by atoms with E-state index in [0.29, 0.717) is 13.1 Å². The number of nitrogens with zero attached hydrogens (tertiary/aromatic N) is 4. The standard InChI is InChI=1S/C13H20N4O4/c1-13(2,3)21-12(18)15-6-4-5-10(8-15)16-9-11(7-14-16)17(19)20/h7,9-10H,4-6,8H2,1-3H3/t10-/m0/s1. The average Bonchev–Trinajstić information content (AvgIpc) is 2.86. The van der Waals surface area contributed by atoms with E-state index in [4.69, 9.17) is 4.74 Å². The number of nitro groups is 1. The third-order valence-corrected chi connectivity index (χ3v) is 3.22. The summed E-state index contributed by atoms with van der Waals surface area (Å²) in [5.74, 6) is 0. The zero-order valence-electron chi connectivity index (χ0n) is 12.5. The summed E-state index contributed by atoms with van der Waals surface area (Å²) < 4.78 is 6.92. The molecule has 1 aliphatic heterocycles. The number of amides is 1. The molecule has 0 aromatic carbocycles. The van der Waals surface area contributed by atoms with Crippen molar-refractivity contribution in [2.24, 2.45) is 0 Å². The maximum atomic E-state index is 12.1. The number of carbonyl (C=O) groups excluding carboxylic acids is 1. The highest BCUT2D eigenvalue weighted by molar-refractivity contribution is 5.68. The van der Waals surface area contributed by atoms with Crippen LogP contribution in [-0.2, 0) is 4.74 Å². The van der Waals surface area contributed by atoms with Gasteiger partial charge in [0, 0.05) is 13.1 Å². The summed E-state index contributed by atoms with van der Waals surface area (Å²) in [4.78, 5) is 23.9. The zero-order chi connectivity index (χ0) is 15.6. The quantitative estimate of drug-likeness (QED) is 0.617. The Morgan fingerprint density at radius 2 is 2.24 bits per heavy atom. The van der Waals surface area contributed by atoms with Crippen molar-refractivity contribution in [2.75, 3.05) is 13.1 Å². The van der Waals surface area contributed by atoms with Crippen LogP contribution in [0.2, 0.25) is 0 Å². The first kappa shape index (κ1) is 15.3. The fourth-order valence-corrected chi connectivity index (χ4v) is 2.28. The molecule has 1 aromatic heterocycles. The SMILES string of the molecule is CC(C)(C)OC(=O)N1CCC[C@H](n2cc([N+](=O)[O-])cn2)C1. The molecule has 116 valence electrons. The maximum Gasteiger partial charge on any atom is 0.410 e. The molecular weight excluding hydrogens is 276 g/mol. The van der Waals surface area contributed by atoms with Gasteiger partial charge < -0.3 is 9.64 Å². The van der Waals surface area contributed by atoms with E-state index in [2.05, 4.69) is 5.10 Å². The van der Waals surface area contributed by atoms with Crippen molar-refractivity contribution < 1.29 is 14.5 Å². The van der Waals surface area contributed by atoms with E-state index in [1.807, 2.05) is 20.8 Å². The van der Waals surface area contributed by atoms with Crippen LogP contribution in [0.25, 0.3) is 0 Å². The third-order valence-electron chi connectivity index (χ3n) is 3.22. The van der Waals surface area contributed by atoms with Gasteiger partial charge in [-0.2, -0.15) is 5.10 Å². The van der Waals surface area contributed by atoms with Crippen molar-refractivity contribution in [3.63, 3.8) is 0 Å². The summed E-state index contributed by atoms with van der Waals surface area (Å²) in [5.41, 5.74) is -0.571. The van der Waals surface area contributed by atoms with Crippen molar-refractivity contribution in [1.82, 2.24) is 14.7 Å². The van der Waals surface area contributed by atoms with Crippen LogP contribution in [0.1, 0.15) is 39.7 Å². The van der Waals surface area contributed by atoms with Crippen molar-refractivity contribution in [3.05, 3.63) is 22.5 Å². The molecule has 0 saturated carbocycles. The third kappa shape index (κ3) is 3.93. The van der Waals surface area contributed by atoms with Gasteiger partial charge in [-0.3, -0.25) is 14.8 Å². The number of ether oxygens (including phenoxy) is 1. The Labute approximate surface area is 122 Å². The van der Waals surface area contributed by atoms with E-state index < -0.39 is 10.5 Å². The topological polar surface area (TPSA) is 90.5 Å². The molecule has 1 saturated heterocycles. The largest absolute Gasteiger partial charge is 0.444 e. The van der Waals surface area contributed by atoms with Gasteiger partial charge in [-0.05, 0) is 33.6 Å². The lowest BCUT2D eigenvalue weighted by Crippen LogP contribution is -2.43. The van der Waals surface area contributed by atoms with Crippen LogP contribution in [0.4, 0.5) is 10.5 Å². The normalized spacial score (nSPS) is 19.4. The first-order chi connectivity index (χ1) is 9.76. The predicted molar refractivity (Wildman–Crippen MR) is 75.0 cm³/mol. The van der Waals surface area contributed by atoms with E-state index in [1.54, 1.807) is 9.58 Å². The molecule has 2 rings (SSSR count). The molecule has 21 heavy (non-hydrogen) atoms. The van der Waals surface area contributed by atoms with Gasteiger partial charge in [-0.1, -0.05) is 0 Å². The number of hydrogen-bond donors (Lipinski definition) is 0. The lowest BCUT2D eigenvalue weighted by atomic mass is 10.1. The number of hydrogen-bond acceptors (Lipinski definition) is 5. The summed E-state index contributed by atoms with van der Waals surface area (Å²) in [6.45, 7) is 6.55. The fourth-order valence-electron chi connectivity index (χ4n) is 2.28. The molecule has 0 radical (unpaired) electrons. The molecule has 8 heteroatoms. The number of piperidine rings is 1. The predicted octanol–water partition coefficient (Wildman–Crippen LogP) is 2.36. The van der Waals surface area contributed by atoms with Crippen LogP contribution in [-0.4, -0.2) is 44.4 Å². The van der Waals surface area contributed by atoms with Crippen LogP contribution in [0, 0.1) is 10.1 Å². The summed E-state index contributed by atoms with van der Waals surface area (Å²) in [7, 11) is 0. The number of aromatic nitrogens is 2. The molecule has 0 aliphatic carbocycles. The fraction of sp³-hybridized carbons (Fsp3) is 0.692. The van der Waals surface area contributed by atoms with Crippen molar-refractivity contribution in [3.8, 4) is 0 Å². The average molecular weight is 296 g/mol. The first-order valence-electron chi connectivity index (χ1n) is 6.93. The number of likely N-dealkylation sites (tertiary alicyclic amines) is 1. The van der Waals surface area contributed by atoms with Gasteiger partial charge >= 0.3 is 11.8 Å². The molecular formula is C13H20N4O4. The summed E-state index contributed by atoms with van der Waals surface area (Å²) >= 11 is 0. The summed E-state index contributed by atoms with van der Waals surface area (Å²) in [5, 5.41) is 14.7. The number of rotatable bonds is 2. The monoisotopic (exact) mass is 296 g/mol. The highest BCUT2D eigenvalue weighted by Gasteiger charge is 2.29. The van der Waals surface area contributed by atoms with Crippen molar-refractivity contribution in [2.45, 2.75) is 45.3 Å². The molecule has 1 aromatic rings. The van der Waals surface area contributed by atoms with E-state index in [9.17, 15) is 14.9 Å². The molecule has 1 fully saturated rings. The minimum atomic E-state index is -0.533. The lowest BCUT2D eigenvalue weighted by molar-refractivity contribution is -0.385. The Kier molecular flexibility index (Phi) is 4.15. The van der Waals surface area contributed by atoms with Crippen molar-refractivity contribution >= 4 is 11.8 Å². The second-order valence-electron chi connectivity index (χ2n) is 6.16. The van der Waals surface area contributed by atoms with E-state index >= 15 is 0 Å². The van der Waals surface area contributed by atoms with Crippen LogP contribution in [0.5, 0.6) is 0 Å². The maximum absolute atomic E-state index is 12.1. The molecule has 0 spiro atoms. The lowest BCUT2D eigenvalue weighted by Gasteiger charge is -2.34. The second-order valence-corrected chi connectivity index (χ2v) is 6.16. The molecule has 1 aliphatic rings. The minimum absolute atomic E-state index is 0.0376. The molecule has 0 bridgehead atoms. The van der Waals surface area contributed by atoms with Gasteiger partial charge in [0.2, 0.25) is 0 Å². The zero-order valence-corrected chi connectivity index (χ0v) is 12.5. The smallest absolute Gasteiger partial charge is 0.410 e. The Balaban J connectivity index is 2.03. The second kappa shape index (κ2) is 5.71. The van der Waals surface area contributed by atoms with Crippen LogP contribution in [0.15, 0.2) is 12.4 Å². The first-order valence-corrected chi connectivity index (χ1v) is 6.93. The van der Waals surface area contributed by atoms with Gasteiger partial charge in [-0.25, -0.2) is 4.79 Å². The van der Waals surface area contributed by atoms with Crippen LogP contribution >= 0.6 is 0 Å². The molecule has 0 N–H and O–H groups in total. The van der Waals surface area contributed by atoms with E-state index in [-0.39, 0.29) is 17.8 Å². The van der Waals surface area contributed by atoms with E-state index in [0.717, 1.165) is 12.8 Å². The van der Waals surface area contributed by atoms with E-state index in [1.165, 1.54) is 12.4 Å². The van der Waals surface area contributed by atoms with Gasteiger partial charge in [0.25, 0.3) is 0 Å². The van der Waals surface area contributed by atoms with Crippen LogP contribution < -0.4 is 0 Å². The summed E-state index contributed by atoms with van der Waals surface area (Å²) in [6, 6.07) is -0.0556. The molecule has 8 nitrogen and oxygen atoms in total. The van der Waals surface area contributed by atoms with Crippen molar-refractivity contribution in [1.29, 1.82) is 0 Å². The Hall–Kier alpha value is -2.12. The minimum Gasteiger partial charge on any atom is -0.444 e. The van der Waals surface area contributed by atoms with Gasteiger partial charge in [-0.15, -0.1) is 0 Å². The van der Waals surface area contributed by atoms with Crippen LogP contribution in [0.3, 0.4) is 0 Å².